The number of aryl methyl sites for hydroxylation is 2. The third kappa shape index (κ3) is 2.72. The van der Waals surface area contributed by atoms with E-state index in [-0.39, 0.29) is 5.78 Å². The molecule has 3 heteroatoms. The van der Waals surface area contributed by atoms with Crippen LogP contribution in [-0.2, 0) is 12.8 Å². The van der Waals surface area contributed by atoms with Crippen molar-refractivity contribution in [1.29, 1.82) is 0 Å². The summed E-state index contributed by atoms with van der Waals surface area (Å²) < 4.78 is 0. The Morgan fingerprint density at radius 2 is 2.16 bits per heavy atom. The number of nitrogens with zero attached hydrogens (tertiary/aromatic N) is 1. The molecule has 1 aliphatic carbocycles. The molecule has 1 heterocycles. The van der Waals surface area contributed by atoms with Crippen LogP contribution in [0.3, 0.4) is 0 Å². The van der Waals surface area contributed by atoms with E-state index in [0.717, 1.165) is 38.0 Å². The molecule has 1 aromatic rings. The Labute approximate surface area is 114 Å². The van der Waals surface area contributed by atoms with Gasteiger partial charge in [-0.1, -0.05) is 12.1 Å². The molecule has 0 bridgehead atoms. The molecule has 2 aliphatic rings. The van der Waals surface area contributed by atoms with E-state index in [1.54, 1.807) is 0 Å². The van der Waals surface area contributed by atoms with Crippen LogP contribution in [0.25, 0.3) is 0 Å². The Hall–Kier alpha value is -1.19. The fourth-order valence-corrected chi connectivity index (χ4v) is 3.29. The van der Waals surface area contributed by atoms with Crippen LogP contribution in [0.5, 0.6) is 0 Å². The van der Waals surface area contributed by atoms with Gasteiger partial charge in [0.25, 0.3) is 0 Å². The fourth-order valence-electron chi connectivity index (χ4n) is 3.29. The highest BCUT2D eigenvalue weighted by atomic mass is 16.1. The van der Waals surface area contributed by atoms with Gasteiger partial charge in [0.2, 0.25) is 0 Å². The van der Waals surface area contributed by atoms with Crippen molar-refractivity contribution in [3.05, 3.63) is 34.9 Å². The van der Waals surface area contributed by atoms with Crippen molar-refractivity contribution in [3.63, 3.8) is 0 Å². The van der Waals surface area contributed by atoms with Gasteiger partial charge in [0.05, 0.1) is 6.54 Å². The maximum atomic E-state index is 12.3. The number of hydrogen-bond acceptors (Lipinski definition) is 3. The van der Waals surface area contributed by atoms with Crippen LogP contribution in [0, 0.1) is 5.92 Å². The zero-order chi connectivity index (χ0) is 13.2. The Morgan fingerprint density at radius 3 is 2.95 bits per heavy atom. The lowest BCUT2D eigenvalue weighted by atomic mass is 10.0. The van der Waals surface area contributed by atoms with Crippen molar-refractivity contribution in [2.75, 3.05) is 26.2 Å². The summed E-state index contributed by atoms with van der Waals surface area (Å²) >= 11 is 0. The van der Waals surface area contributed by atoms with E-state index < -0.39 is 0 Å². The Balaban J connectivity index is 1.64. The monoisotopic (exact) mass is 258 g/mol. The molecule has 1 aliphatic heterocycles. The number of Topliss-reactive ketones (excluding diaryl/α,β-unsaturated/α-hetero) is 1. The van der Waals surface area contributed by atoms with Gasteiger partial charge in [0.1, 0.15) is 0 Å². The average molecular weight is 258 g/mol. The van der Waals surface area contributed by atoms with Crippen LogP contribution in [0.15, 0.2) is 18.2 Å². The predicted octanol–water partition coefficient (Wildman–Crippen LogP) is 1.64. The smallest absolute Gasteiger partial charge is 0.176 e. The largest absolute Gasteiger partial charge is 0.330 e. The molecule has 1 aromatic carbocycles. The first kappa shape index (κ1) is 12.8. The van der Waals surface area contributed by atoms with Crippen LogP contribution >= 0.6 is 0 Å². The number of rotatable bonds is 4. The lowest BCUT2D eigenvalue weighted by Gasteiger charge is -2.15. The summed E-state index contributed by atoms with van der Waals surface area (Å²) in [4.78, 5) is 14.6. The van der Waals surface area contributed by atoms with Crippen LogP contribution < -0.4 is 5.73 Å². The van der Waals surface area contributed by atoms with Crippen molar-refractivity contribution < 1.29 is 4.79 Å². The second kappa shape index (κ2) is 5.43. The second-order valence-electron chi connectivity index (χ2n) is 5.89. The standard InChI is InChI=1S/C16H22N2O/c17-9-12-6-7-18(10-12)11-16(19)15-5-4-13-2-1-3-14(13)8-15/h4-5,8,12H,1-3,6-7,9-11,17H2. The third-order valence-electron chi connectivity index (χ3n) is 4.49. The highest BCUT2D eigenvalue weighted by Gasteiger charge is 2.23. The summed E-state index contributed by atoms with van der Waals surface area (Å²) in [7, 11) is 0. The zero-order valence-corrected chi connectivity index (χ0v) is 11.4. The van der Waals surface area contributed by atoms with Gasteiger partial charge < -0.3 is 5.73 Å². The maximum Gasteiger partial charge on any atom is 0.176 e. The van der Waals surface area contributed by atoms with E-state index in [1.165, 1.54) is 24.0 Å². The highest BCUT2D eigenvalue weighted by molar-refractivity contribution is 5.97. The van der Waals surface area contributed by atoms with E-state index in [1.807, 2.05) is 6.07 Å². The average Bonchev–Trinajstić information content (AvgIpc) is 3.05. The molecular weight excluding hydrogens is 236 g/mol. The summed E-state index contributed by atoms with van der Waals surface area (Å²) in [6, 6.07) is 6.26. The van der Waals surface area contributed by atoms with Crippen molar-refractivity contribution in [2.24, 2.45) is 11.7 Å². The number of carbonyl (C=O) groups is 1. The number of fused-ring (bicyclic) bond motifs is 1. The van der Waals surface area contributed by atoms with E-state index >= 15 is 0 Å². The van der Waals surface area contributed by atoms with Crippen LogP contribution in [-0.4, -0.2) is 36.9 Å². The summed E-state index contributed by atoms with van der Waals surface area (Å²) in [5.74, 6) is 0.834. The number of benzene rings is 1. The number of hydrogen-bond donors (Lipinski definition) is 1. The van der Waals surface area contributed by atoms with E-state index in [4.69, 9.17) is 5.73 Å². The molecule has 1 saturated heterocycles. The Kier molecular flexibility index (Phi) is 3.67. The summed E-state index contributed by atoms with van der Waals surface area (Å²) in [6.45, 7) is 3.28. The SMILES string of the molecule is NCC1CCN(CC(=O)c2ccc3c(c2)CCC3)C1. The molecule has 0 spiro atoms. The van der Waals surface area contributed by atoms with Crippen molar-refractivity contribution in [1.82, 2.24) is 4.90 Å². The summed E-state index contributed by atoms with van der Waals surface area (Å²) in [6.07, 6.45) is 4.68. The van der Waals surface area contributed by atoms with Gasteiger partial charge >= 0.3 is 0 Å². The number of nitrogens with two attached hydrogens (primary N) is 1. The predicted molar refractivity (Wildman–Crippen MR) is 76.4 cm³/mol. The van der Waals surface area contributed by atoms with Gasteiger partial charge in [-0.15, -0.1) is 0 Å². The molecule has 3 rings (SSSR count). The molecule has 2 N–H and O–H groups in total. The van der Waals surface area contributed by atoms with Crippen molar-refractivity contribution in [3.8, 4) is 0 Å². The quantitative estimate of drug-likeness (QED) is 0.835. The van der Waals surface area contributed by atoms with E-state index in [9.17, 15) is 4.79 Å². The molecule has 0 aromatic heterocycles. The minimum Gasteiger partial charge on any atom is -0.330 e. The second-order valence-corrected chi connectivity index (χ2v) is 5.89. The summed E-state index contributed by atoms with van der Waals surface area (Å²) in [5, 5.41) is 0. The molecule has 3 nitrogen and oxygen atoms in total. The zero-order valence-electron chi connectivity index (χ0n) is 11.4. The molecule has 1 atom stereocenters. The van der Waals surface area contributed by atoms with Crippen molar-refractivity contribution >= 4 is 5.78 Å². The first-order valence-electron chi connectivity index (χ1n) is 7.33. The topological polar surface area (TPSA) is 46.3 Å². The van der Waals surface area contributed by atoms with Crippen LogP contribution in [0.1, 0.15) is 34.3 Å². The van der Waals surface area contributed by atoms with Gasteiger partial charge in [0, 0.05) is 12.1 Å². The van der Waals surface area contributed by atoms with Gasteiger partial charge in [-0.25, -0.2) is 0 Å². The molecule has 0 amide bonds. The highest BCUT2D eigenvalue weighted by Crippen LogP contribution is 2.23. The number of carbonyl (C=O) groups excluding carboxylic acids is 1. The molecule has 102 valence electrons. The number of likely N-dealkylation sites (tertiary alicyclic amines) is 1. The van der Waals surface area contributed by atoms with Gasteiger partial charge in [-0.2, -0.15) is 0 Å². The lowest BCUT2D eigenvalue weighted by molar-refractivity contribution is 0.0943. The van der Waals surface area contributed by atoms with Crippen molar-refractivity contribution in [2.45, 2.75) is 25.7 Å². The molecule has 1 unspecified atom stereocenters. The minimum atomic E-state index is 0.257. The minimum absolute atomic E-state index is 0.257. The normalized spacial score (nSPS) is 22.7. The fraction of sp³-hybridized carbons (Fsp3) is 0.562. The Bertz CT molecular complexity index is 484. The van der Waals surface area contributed by atoms with Crippen LogP contribution in [0.4, 0.5) is 0 Å². The molecule has 0 radical (unpaired) electrons. The summed E-state index contributed by atoms with van der Waals surface area (Å²) in [5.41, 5.74) is 9.39. The molecular formula is C16H22N2O. The van der Waals surface area contributed by atoms with Gasteiger partial charge in [-0.05, 0) is 61.9 Å². The number of ketones is 1. The first-order valence-corrected chi connectivity index (χ1v) is 7.33. The van der Waals surface area contributed by atoms with E-state index in [0.29, 0.717) is 12.5 Å². The lowest BCUT2D eigenvalue weighted by Crippen LogP contribution is -2.29. The molecule has 19 heavy (non-hydrogen) atoms. The van der Waals surface area contributed by atoms with Crippen LogP contribution in [0.2, 0.25) is 0 Å². The maximum absolute atomic E-state index is 12.3. The third-order valence-corrected chi connectivity index (χ3v) is 4.49. The van der Waals surface area contributed by atoms with Gasteiger partial charge in [-0.3, -0.25) is 9.69 Å². The van der Waals surface area contributed by atoms with E-state index in [2.05, 4.69) is 17.0 Å². The first-order chi connectivity index (χ1) is 9.26. The molecule has 1 fully saturated rings. The molecule has 0 saturated carbocycles. The van der Waals surface area contributed by atoms with Gasteiger partial charge in [0.15, 0.2) is 5.78 Å². The Morgan fingerprint density at radius 1 is 1.32 bits per heavy atom.